The van der Waals surface area contributed by atoms with E-state index in [1.807, 2.05) is 36.4 Å². The number of carbonyl (C=O) groups is 1. The van der Waals surface area contributed by atoms with Crippen LogP contribution in [0.4, 0.5) is 0 Å². The summed E-state index contributed by atoms with van der Waals surface area (Å²) in [6, 6.07) is 17.8. The van der Waals surface area contributed by atoms with E-state index in [1.165, 1.54) is 12.7 Å². The summed E-state index contributed by atoms with van der Waals surface area (Å²) >= 11 is 1.65. The van der Waals surface area contributed by atoms with Crippen LogP contribution in [0.25, 0.3) is 0 Å². The van der Waals surface area contributed by atoms with Crippen molar-refractivity contribution >= 4 is 17.7 Å². The molecule has 1 saturated heterocycles. The van der Waals surface area contributed by atoms with Crippen LogP contribution in [0.15, 0.2) is 59.5 Å². The highest BCUT2D eigenvalue weighted by atomic mass is 32.2. The van der Waals surface area contributed by atoms with Crippen molar-refractivity contribution in [2.75, 3.05) is 26.8 Å². The lowest BCUT2D eigenvalue weighted by Crippen LogP contribution is -2.41. The standard InChI is InChI=1S/C19H21NO3S/c1-22-19(21)15-9-5-6-10-17(15)24-18(14-7-3-2-4-8-14)16-13-20-11-12-23-16/h2-10,16,18,20H,11-13H2,1H3. The summed E-state index contributed by atoms with van der Waals surface area (Å²) in [7, 11) is 1.41. The number of benzene rings is 2. The van der Waals surface area contributed by atoms with Crippen molar-refractivity contribution in [3.8, 4) is 0 Å². The molecular weight excluding hydrogens is 322 g/mol. The highest BCUT2D eigenvalue weighted by Gasteiger charge is 2.28. The fourth-order valence-electron chi connectivity index (χ4n) is 2.77. The number of nitrogens with one attached hydrogen (secondary N) is 1. The zero-order valence-corrected chi connectivity index (χ0v) is 14.4. The van der Waals surface area contributed by atoms with Crippen molar-refractivity contribution in [2.24, 2.45) is 0 Å². The Labute approximate surface area is 146 Å². The van der Waals surface area contributed by atoms with Crippen LogP contribution >= 0.6 is 11.8 Å². The van der Waals surface area contributed by atoms with Gasteiger partial charge in [-0.05, 0) is 17.7 Å². The normalized spacial score (nSPS) is 18.8. The van der Waals surface area contributed by atoms with Crippen LogP contribution in [0.5, 0.6) is 0 Å². The van der Waals surface area contributed by atoms with Gasteiger partial charge >= 0.3 is 5.97 Å². The van der Waals surface area contributed by atoms with E-state index in [2.05, 4.69) is 17.4 Å². The Bertz CT molecular complexity index is 671. The summed E-state index contributed by atoms with van der Waals surface area (Å²) in [6.45, 7) is 2.38. The largest absolute Gasteiger partial charge is 0.465 e. The smallest absolute Gasteiger partial charge is 0.338 e. The molecule has 1 aliphatic heterocycles. The maximum absolute atomic E-state index is 12.0. The van der Waals surface area contributed by atoms with E-state index in [9.17, 15) is 4.79 Å². The molecule has 1 aliphatic rings. The predicted octanol–water partition coefficient (Wildman–Crippen LogP) is 3.30. The molecule has 2 aromatic rings. The quantitative estimate of drug-likeness (QED) is 0.667. The van der Waals surface area contributed by atoms with Crippen molar-refractivity contribution in [2.45, 2.75) is 16.2 Å². The van der Waals surface area contributed by atoms with Crippen LogP contribution in [0.2, 0.25) is 0 Å². The van der Waals surface area contributed by atoms with Gasteiger partial charge in [-0.1, -0.05) is 42.5 Å². The maximum Gasteiger partial charge on any atom is 0.338 e. The van der Waals surface area contributed by atoms with Crippen molar-refractivity contribution < 1.29 is 14.3 Å². The van der Waals surface area contributed by atoms with Crippen LogP contribution in [-0.2, 0) is 9.47 Å². The molecule has 0 aromatic heterocycles. The number of hydrogen-bond acceptors (Lipinski definition) is 5. The van der Waals surface area contributed by atoms with Gasteiger partial charge in [-0.3, -0.25) is 0 Å². The number of rotatable bonds is 5. The number of hydrogen-bond donors (Lipinski definition) is 1. The molecule has 1 heterocycles. The number of methoxy groups -OCH3 is 1. The minimum absolute atomic E-state index is 0.0526. The van der Waals surface area contributed by atoms with Gasteiger partial charge in [0, 0.05) is 18.0 Å². The molecule has 0 aliphatic carbocycles. The summed E-state index contributed by atoms with van der Waals surface area (Å²) in [5, 5.41) is 3.49. The summed E-state index contributed by atoms with van der Waals surface area (Å²) in [5.41, 5.74) is 1.78. The van der Waals surface area contributed by atoms with Gasteiger partial charge in [0.1, 0.15) is 0 Å². The zero-order chi connectivity index (χ0) is 16.8. The van der Waals surface area contributed by atoms with E-state index in [0.29, 0.717) is 12.2 Å². The van der Waals surface area contributed by atoms with Gasteiger partial charge in [-0.25, -0.2) is 4.79 Å². The Kier molecular flexibility index (Phi) is 5.91. The molecule has 0 radical (unpaired) electrons. The monoisotopic (exact) mass is 343 g/mol. The fraction of sp³-hybridized carbons (Fsp3) is 0.316. The second kappa shape index (κ2) is 8.33. The zero-order valence-electron chi connectivity index (χ0n) is 13.6. The number of carbonyl (C=O) groups excluding carboxylic acids is 1. The first kappa shape index (κ1) is 17.0. The summed E-state index contributed by atoms with van der Waals surface area (Å²) in [5.74, 6) is -0.312. The van der Waals surface area contributed by atoms with Gasteiger partial charge in [0.15, 0.2) is 0 Å². The second-order valence-electron chi connectivity index (χ2n) is 5.55. The molecule has 24 heavy (non-hydrogen) atoms. The van der Waals surface area contributed by atoms with Crippen molar-refractivity contribution in [1.82, 2.24) is 5.32 Å². The summed E-state index contributed by atoms with van der Waals surface area (Å²) in [6.07, 6.45) is 0.0526. The first-order valence-corrected chi connectivity index (χ1v) is 8.89. The fourth-order valence-corrected chi connectivity index (χ4v) is 4.10. The van der Waals surface area contributed by atoms with Crippen LogP contribution < -0.4 is 5.32 Å². The van der Waals surface area contributed by atoms with Gasteiger partial charge in [0.25, 0.3) is 0 Å². The molecule has 2 aromatic carbocycles. The van der Waals surface area contributed by atoms with Gasteiger partial charge in [-0.15, -0.1) is 11.8 Å². The summed E-state index contributed by atoms with van der Waals surface area (Å²) < 4.78 is 10.9. The Morgan fingerprint density at radius 1 is 1.21 bits per heavy atom. The van der Waals surface area contributed by atoms with Crippen molar-refractivity contribution in [3.63, 3.8) is 0 Å². The molecule has 126 valence electrons. The second-order valence-corrected chi connectivity index (χ2v) is 6.73. The lowest BCUT2D eigenvalue weighted by molar-refractivity contribution is 0.0273. The van der Waals surface area contributed by atoms with E-state index < -0.39 is 0 Å². The molecule has 4 nitrogen and oxygen atoms in total. The van der Waals surface area contributed by atoms with E-state index in [4.69, 9.17) is 9.47 Å². The molecule has 3 rings (SSSR count). The molecule has 2 unspecified atom stereocenters. The lowest BCUT2D eigenvalue weighted by atomic mass is 10.1. The SMILES string of the molecule is COC(=O)c1ccccc1SC(c1ccccc1)C1CNCCO1. The number of thioether (sulfide) groups is 1. The van der Waals surface area contributed by atoms with Crippen molar-refractivity contribution in [1.29, 1.82) is 0 Å². The van der Waals surface area contributed by atoms with Gasteiger partial charge < -0.3 is 14.8 Å². The average molecular weight is 343 g/mol. The minimum atomic E-state index is -0.312. The minimum Gasteiger partial charge on any atom is -0.465 e. The third kappa shape index (κ3) is 3.98. The first-order valence-electron chi connectivity index (χ1n) is 8.01. The third-order valence-corrected chi connectivity index (χ3v) is 5.41. The first-order chi connectivity index (χ1) is 11.8. The Hall–Kier alpha value is -1.82. The van der Waals surface area contributed by atoms with Crippen molar-refractivity contribution in [3.05, 3.63) is 65.7 Å². The van der Waals surface area contributed by atoms with Gasteiger partial charge in [0.05, 0.1) is 30.6 Å². The Morgan fingerprint density at radius 2 is 1.96 bits per heavy atom. The van der Waals surface area contributed by atoms with E-state index >= 15 is 0 Å². The van der Waals surface area contributed by atoms with Gasteiger partial charge in [0.2, 0.25) is 0 Å². The molecule has 0 amide bonds. The highest BCUT2D eigenvalue weighted by Crippen LogP contribution is 2.40. The molecule has 5 heteroatoms. The Balaban J connectivity index is 1.91. The molecule has 2 atom stereocenters. The van der Waals surface area contributed by atoms with Crippen LogP contribution in [0.3, 0.4) is 0 Å². The number of esters is 1. The maximum atomic E-state index is 12.0. The predicted molar refractivity (Wildman–Crippen MR) is 95.4 cm³/mol. The molecule has 0 spiro atoms. The van der Waals surface area contributed by atoms with Gasteiger partial charge in [-0.2, -0.15) is 0 Å². The van der Waals surface area contributed by atoms with Crippen LogP contribution in [0, 0.1) is 0 Å². The van der Waals surface area contributed by atoms with Crippen LogP contribution in [-0.4, -0.2) is 38.9 Å². The van der Waals surface area contributed by atoms with E-state index in [1.54, 1.807) is 17.8 Å². The Morgan fingerprint density at radius 3 is 2.67 bits per heavy atom. The topological polar surface area (TPSA) is 47.6 Å². The lowest BCUT2D eigenvalue weighted by Gasteiger charge is -2.31. The van der Waals surface area contributed by atoms with E-state index in [0.717, 1.165) is 18.0 Å². The number of morpholine rings is 1. The molecule has 1 fully saturated rings. The molecular formula is C19H21NO3S. The molecule has 0 bridgehead atoms. The van der Waals surface area contributed by atoms with Crippen LogP contribution in [0.1, 0.15) is 21.2 Å². The average Bonchev–Trinajstić information content (AvgIpc) is 2.67. The summed E-state index contributed by atoms with van der Waals surface area (Å²) in [4.78, 5) is 13.0. The third-order valence-electron chi connectivity index (χ3n) is 3.97. The highest BCUT2D eigenvalue weighted by molar-refractivity contribution is 7.99. The van der Waals surface area contributed by atoms with E-state index in [-0.39, 0.29) is 17.3 Å². The molecule has 1 N–H and O–H groups in total. The number of ether oxygens (including phenoxy) is 2. The molecule has 0 saturated carbocycles.